The normalized spacial score (nSPS) is 14.7. The van der Waals surface area contributed by atoms with Gasteiger partial charge in [-0.1, -0.05) is 23.7 Å². The van der Waals surface area contributed by atoms with Gasteiger partial charge in [-0.2, -0.15) is 0 Å². The molecule has 0 saturated carbocycles. The molecule has 1 aromatic carbocycles. The maximum Gasteiger partial charge on any atom is 0.415 e. The van der Waals surface area contributed by atoms with Gasteiger partial charge in [0.1, 0.15) is 12.1 Å². The van der Waals surface area contributed by atoms with Gasteiger partial charge < -0.3 is 15.0 Å². The van der Waals surface area contributed by atoms with Gasteiger partial charge in [0.15, 0.2) is 0 Å². The number of ether oxygens (including phenoxy) is 1. The number of carbonyl (C=O) groups is 2. The summed E-state index contributed by atoms with van der Waals surface area (Å²) in [7, 11) is 0. The number of hydrogen-bond donors (Lipinski definition) is 1. The van der Waals surface area contributed by atoms with Crippen LogP contribution in [0.1, 0.15) is 33.6 Å². The zero-order chi connectivity index (χ0) is 23.1. The third kappa shape index (κ3) is 6.85. The lowest BCUT2D eigenvalue weighted by Crippen LogP contribution is -2.47. The van der Waals surface area contributed by atoms with Crippen LogP contribution in [0.2, 0.25) is 5.02 Å². The highest BCUT2D eigenvalue weighted by Gasteiger charge is 2.30. The highest BCUT2D eigenvalue weighted by atomic mass is 35.5. The Balaban J connectivity index is 1.59. The third-order valence-electron chi connectivity index (χ3n) is 5.29. The van der Waals surface area contributed by atoms with E-state index in [0.29, 0.717) is 29.7 Å². The molecular weight excluding hydrogens is 428 g/mol. The first kappa shape index (κ1) is 23.9. The molecule has 1 aromatic heterocycles. The van der Waals surface area contributed by atoms with Gasteiger partial charge in [-0.25, -0.2) is 4.79 Å². The molecule has 1 aliphatic rings. The maximum absolute atomic E-state index is 13.1. The third-order valence-corrected chi connectivity index (χ3v) is 5.61. The zero-order valence-electron chi connectivity index (χ0n) is 18.9. The summed E-state index contributed by atoms with van der Waals surface area (Å²) in [5.41, 5.74) is 0.833. The predicted molar refractivity (Wildman–Crippen MR) is 127 cm³/mol. The topological polar surface area (TPSA) is 74.8 Å². The van der Waals surface area contributed by atoms with E-state index in [1.54, 1.807) is 57.4 Å². The van der Waals surface area contributed by atoms with Crippen LogP contribution >= 0.6 is 11.6 Å². The van der Waals surface area contributed by atoms with Crippen molar-refractivity contribution in [2.24, 2.45) is 5.92 Å². The molecule has 2 aromatic rings. The first-order chi connectivity index (χ1) is 15.2. The quantitative estimate of drug-likeness (QED) is 0.671. The van der Waals surface area contributed by atoms with Crippen LogP contribution in [0.5, 0.6) is 0 Å². The Bertz CT molecular complexity index is 909. The van der Waals surface area contributed by atoms with Gasteiger partial charge >= 0.3 is 6.09 Å². The Morgan fingerprint density at radius 1 is 1.16 bits per heavy atom. The Morgan fingerprint density at radius 2 is 1.81 bits per heavy atom. The second-order valence-corrected chi connectivity index (χ2v) is 9.37. The van der Waals surface area contributed by atoms with Crippen molar-refractivity contribution in [2.75, 3.05) is 36.4 Å². The average Bonchev–Trinajstić information content (AvgIpc) is 2.76. The summed E-state index contributed by atoms with van der Waals surface area (Å²) < 4.78 is 5.53. The van der Waals surface area contributed by atoms with E-state index < -0.39 is 11.7 Å². The van der Waals surface area contributed by atoms with Crippen molar-refractivity contribution in [3.05, 3.63) is 53.8 Å². The van der Waals surface area contributed by atoms with Crippen LogP contribution in [-0.2, 0) is 9.53 Å². The molecule has 2 amide bonds. The standard InChI is InChI=1S/C24H31ClN4O3/c1-24(2,3)32-23(31)29(21-7-5-4-6-20(21)25)17-22(30)28-14-10-18(11-15-28)16-27-19-8-12-26-13-9-19/h4-9,12-13,18H,10-11,14-17H2,1-3H3,(H,26,27). The number of para-hydroxylation sites is 1. The van der Waals surface area contributed by atoms with Crippen molar-refractivity contribution >= 4 is 35.0 Å². The van der Waals surface area contributed by atoms with Gasteiger partial charge in [-0.15, -0.1) is 0 Å². The van der Waals surface area contributed by atoms with E-state index in [-0.39, 0.29) is 12.5 Å². The Kier molecular flexibility index (Phi) is 7.96. The molecule has 2 heterocycles. The van der Waals surface area contributed by atoms with E-state index in [0.717, 1.165) is 25.1 Å². The summed E-state index contributed by atoms with van der Waals surface area (Å²) in [4.78, 5) is 33.1. The second-order valence-electron chi connectivity index (χ2n) is 8.96. The number of benzene rings is 1. The number of pyridine rings is 1. The first-order valence-corrected chi connectivity index (χ1v) is 11.3. The summed E-state index contributed by atoms with van der Waals surface area (Å²) in [5.74, 6) is 0.370. The maximum atomic E-state index is 13.1. The fourth-order valence-electron chi connectivity index (χ4n) is 3.59. The van der Waals surface area contributed by atoms with Crippen molar-refractivity contribution in [1.29, 1.82) is 0 Å². The lowest BCUT2D eigenvalue weighted by Gasteiger charge is -2.34. The minimum absolute atomic E-state index is 0.113. The number of amides is 2. The number of rotatable bonds is 6. The fraction of sp³-hybridized carbons (Fsp3) is 0.458. The smallest absolute Gasteiger partial charge is 0.415 e. The van der Waals surface area contributed by atoms with Gasteiger partial charge in [0.2, 0.25) is 5.91 Å². The van der Waals surface area contributed by atoms with Crippen molar-refractivity contribution < 1.29 is 14.3 Å². The number of anilines is 2. The number of piperidine rings is 1. The van der Waals surface area contributed by atoms with Crippen molar-refractivity contribution in [1.82, 2.24) is 9.88 Å². The summed E-state index contributed by atoms with van der Waals surface area (Å²) in [5, 5.41) is 3.82. The molecule has 172 valence electrons. The number of hydrogen-bond acceptors (Lipinski definition) is 5. The van der Waals surface area contributed by atoms with Crippen LogP contribution in [0.15, 0.2) is 48.8 Å². The van der Waals surface area contributed by atoms with E-state index in [4.69, 9.17) is 16.3 Å². The van der Waals surface area contributed by atoms with Gasteiger partial charge in [0.25, 0.3) is 0 Å². The van der Waals surface area contributed by atoms with E-state index in [1.807, 2.05) is 17.0 Å². The van der Waals surface area contributed by atoms with Gasteiger partial charge in [-0.05, 0) is 63.8 Å². The zero-order valence-corrected chi connectivity index (χ0v) is 19.6. The van der Waals surface area contributed by atoms with E-state index in [9.17, 15) is 9.59 Å². The average molecular weight is 459 g/mol. The molecule has 1 fully saturated rings. The van der Waals surface area contributed by atoms with Gasteiger partial charge in [-0.3, -0.25) is 14.7 Å². The van der Waals surface area contributed by atoms with Crippen LogP contribution < -0.4 is 10.2 Å². The number of nitrogens with zero attached hydrogens (tertiary/aromatic N) is 3. The van der Waals surface area contributed by atoms with Crippen molar-refractivity contribution in [3.8, 4) is 0 Å². The Hall–Kier alpha value is -2.80. The molecule has 1 saturated heterocycles. The Labute approximate surface area is 194 Å². The predicted octanol–water partition coefficient (Wildman–Crippen LogP) is 4.83. The van der Waals surface area contributed by atoms with E-state index in [1.165, 1.54) is 4.90 Å². The minimum Gasteiger partial charge on any atom is -0.443 e. The van der Waals surface area contributed by atoms with Crippen molar-refractivity contribution in [2.45, 2.75) is 39.2 Å². The van der Waals surface area contributed by atoms with Crippen LogP contribution in [0, 0.1) is 5.92 Å². The number of aromatic nitrogens is 1. The number of halogens is 1. The summed E-state index contributed by atoms with van der Waals surface area (Å²) in [6, 6.07) is 10.9. The Morgan fingerprint density at radius 3 is 2.44 bits per heavy atom. The highest BCUT2D eigenvalue weighted by Crippen LogP contribution is 2.27. The van der Waals surface area contributed by atoms with Gasteiger partial charge in [0, 0.05) is 37.7 Å². The molecule has 0 unspecified atom stereocenters. The largest absolute Gasteiger partial charge is 0.443 e. The number of carbonyl (C=O) groups excluding carboxylic acids is 2. The van der Waals surface area contributed by atoms with E-state index >= 15 is 0 Å². The molecule has 0 spiro atoms. The number of nitrogens with one attached hydrogen (secondary N) is 1. The van der Waals surface area contributed by atoms with Crippen LogP contribution in [0.3, 0.4) is 0 Å². The lowest BCUT2D eigenvalue weighted by atomic mass is 9.96. The highest BCUT2D eigenvalue weighted by molar-refractivity contribution is 6.33. The molecule has 1 aliphatic heterocycles. The molecule has 0 radical (unpaired) electrons. The monoisotopic (exact) mass is 458 g/mol. The number of likely N-dealkylation sites (tertiary alicyclic amines) is 1. The molecule has 8 heteroatoms. The molecule has 0 atom stereocenters. The van der Waals surface area contributed by atoms with Crippen LogP contribution in [-0.4, -0.2) is 53.7 Å². The van der Waals surface area contributed by atoms with E-state index in [2.05, 4.69) is 10.3 Å². The second kappa shape index (κ2) is 10.7. The summed E-state index contributed by atoms with van der Waals surface area (Å²) >= 11 is 6.32. The SMILES string of the molecule is CC(C)(C)OC(=O)N(CC(=O)N1CCC(CNc2ccncc2)CC1)c1ccccc1Cl. The molecule has 3 rings (SSSR count). The van der Waals surface area contributed by atoms with Crippen LogP contribution in [0.4, 0.5) is 16.2 Å². The molecule has 1 N–H and O–H groups in total. The van der Waals surface area contributed by atoms with Crippen molar-refractivity contribution in [3.63, 3.8) is 0 Å². The summed E-state index contributed by atoms with van der Waals surface area (Å²) in [6.45, 7) is 7.44. The fourth-order valence-corrected chi connectivity index (χ4v) is 3.83. The minimum atomic E-state index is -0.681. The molecule has 7 nitrogen and oxygen atoms in total. The summed E-state index contributed by atoms with van der Waals surface area (Å²) in [6.07, 6.45) is 4.75. The van der Waals surface area contributed by atoms with Gasteiger partial charge in [0.05, 0.1) is 10.7 Å². The molecule has 32 heavy (non-hydrogen) atoms. The van der Waals surface area contributed by atoms with Crippen LogP contribution in [0.25, 0.3) is 0 Å². The molecule has 0 aliphatic carbocycles. The lowest BCUT2D eigenvalue weighted by molar-refractivity contribution is -0.131. The molecular formula is C24H31ClN4O3. The molecule has 0 bridgehead atoms. The first-order valence-electron chi connectivity index (χ1n) is 10.9.